The van der Waals surface area contributed by atoms with Crippen LogP contribution >= 0.6 is 34.8 Å². The lowest BCUT2D eigenvalue weighted by Gasteiger charge is -2.34. The van der Waals surface area contributed by atoms with Crippen molar-refractivity contribution in [3.63, 3.8) is 0 Å². The molecule has 0 fully saturated rings. The summed E-state index contributed by atoms with van der Waals surface area (Å²) in [7, 11) is -3.29. The summed E-state index contributed by atoms with van der Waals surface area (Å²) in [5, 5.41) is 4.41. The fourth-order valence-electron chi connectivity index (χ4n) is 3.06. The monoisotopic (exact) mass is 386 g/mol. The summed E-state index contributed by atoms with van der Waals surface area (Å²) in [6.45, 7) is 7.22. The first kappa shape index (κ1) is 18.1. The van der Waals surface area contributed by atoms with Crippen molar-refractivity contribution >= 4 is 61.3 Å². The Bertz CT molecular complexity index is 623. The van der Waals surface area contributed by atoms with E-state index in [0.717, 1.165) is 15.5 Å². The van der Waals surface area contributed by atoms with E-state index in [1.807, 2.05) is 24.3 Å². The van der Waals surface area contributed by atoms with Gasteiger partial charge in [0, 0.05) is 15.5 Å². The third kappa shape index (κ3) is 4.18. The molecule has 5 heteroatoms. The molecule has 0 heterocycles. The highest BCUT2D eigenvalue weighted by Crippen LogP contribution is 2.22. The topological polar surface area (TPSA) is 0 Å². The number of halogens is 3. The molecule has 0 aliphatic heterocycles. The van der Waals surface area contributed by atoms with E-state index in [4.69, 9.17) is 34.8 Å². The van der Waals surface area contributed by atoms with Crippen molar-refractivity contribution in [2.75, 3.05) is 5.50 Å². The molecule has 0 bridgehead atoms. The van der Waals surface area contributed by atoms with Crippen molar-refractivity contribution in [1.29, 1.82) is 0 Å². The summed E-state index contributed by atoms with van der Waals surface area (Å²) in [6, 6.07) is 16.6. The zero-order valence-corrected chi connectivity index (χ0v) is 17.4. The summed E-state index contributed by atoms with van der Waals surface area (Å²) in [6.07, 6.45) is 0. The molecule has 0 aliphatic carbocycles. The first-order chi connectivity index (χ1) is 10.3. The van der Waals surface area contributed by atoms with Crippen LogP contribution in [0.1, 0.15) is 0 Å². The van der Waals surface area contributed by atoms with Gasteiger partial charge in [-0.2, -0.15) is 0 Å². The summed E-state index contributed by atoms with van der Waals surface area (Å²) in [5.74, 6) is 0. The minimum absolute atomic E-state index is 0.735. The quantitative estimate of drug-likeness (QED) is 0.488. The van der Waals surface area contributed by atoms with Crippen molar-refractivity contribution in [1.82, 2.24) is 0 Å². The zero-order chi connectivity index (χ0) is 16.4. The van der Waals surface area contributed by atoms with Crippen molar-refractivity contribution < 1.29 is 0 Å². The first-order valence-corrected chi connectivity index (χ1v) is 14.8. The molecule has 0 N–H and O–H groups in total. The molecule has 2 rings (SSSR count). The third-order valence-electron chi connectivity index (χ3n) is 4.29. The van der Waals surface area contributed by atoms with Gasteiger partial charge in [0.25, 0.3) is 0 Å². The van der Waals surface area contributed by atoms with Gasteiger partial charge in [0.15, 0.2) is 0 Å². The van der Waals surface area contributed by atoms with E-state index >= 15 is 0 Å². The molecule has 2 aromatic rings. The van der Waals surface area contributed by atoms with Crippen LogP contribution in [0.4, 0.5) is 0 Å². The maximum atomic E-state index is 6.43. The second-order valence-electron chi connectivity index (χ2n) is 6.77. The Hall–Kier alpha value is -0.256. The Morgan fingerprint density at radius 2 is 1.14 bits per heavy atom. The molecular formula is C17H21Cl3Si2. The molecule has 0 radical (unpaired) electrons. The molecule has 2 aromatic carbocycles. The van der Waals surface area contributed by atoms with Crippen LogP contribution in [-0.4, -0.2) is 21.7 Å². The second kappa shape index (κ2) is 7.10. The molecule has 0 saturated heterocycles. The number of hydrogen-bond acceptors (Lipinski definition) is 0. The fourth-order valence-corrected chi connectivity index (χ4v) is 16.6. The van der Waals surface area contributed by atoms with Crippen LogP contribution in [0.25, 0.3) is 0 Å². The SMILES string of the molecule is C[Si](C)(C[Si](C)(CCl)c1ccc(Cl)cc1)c1ccc(Cl)cc1. The van der Waals surface area contributed by atoms with Gasteiger partial charge in [0.2, 0.25) is 0 Å². The molecule has 118 valence electrons. The van der Waals surface area contributed by atoms with Crippen LogP contribution in [-0.2, 0) is 0 Å². The lowest BCUT2D eigenvalue weighted by Crippen LogP contribution is -2.57. The third-order valence-corrected chi connectivity index (χ3v) is 17.4. The van der Waals surface area contributed by atoms with Gasteiger partial charge in [-0.25, -0.2) is 0 Å². The molecule has 1 atom stereocenters. The molecular weight excluding hydrogens is 367 g/mol. The normalized spacial score (nSPS) is 14.6. The van der Waals surface area contributed by atoms with Gasteiger partial charge < -0.3 is 0 Å². The van der Waals surface area contributed by atoms with Gasteiger partial charge >= 0.3 is 0 Å². The van der Waals surface area contributed by atoms with Crippen LogP contribution in [0.5, 0.6) is 0 Å². The highest BCUT2D eigenvalue weighted by atomic mass is 35.5. The largest absolute Gasteiger partial charge is 0.130 e. The lowest BCUT2D eigenvalue weighted by molar-refractivity contribution is 1.53. The van der Waals surface area contributed by atoms with E-state index in [0.29, 0.717) is 0 Å². The molecule has 22 heavy (non-hydrogen) atoms. The molecule has 1 unspecified atom stereocenters. The predicted octanol–water partition coefficient (Wildman–Crippen LogP) is 5.21. The Kier molecular flexibility index (Phi) is 5.84. The highest BCUT2D eigenvalue weighted by molar-refractivity contribution is 7.08. The zero-order valence-electron chi connectivity index (χ0n) is 13.2. The summed E-state index contributed by atoms with van der Waals surface area (Å²) >= 11 is 18.5. The maximum absolute atomic E-state index is 6.43. The van der Waals surface area contributed by atoms with Gasteiger partial charge in [-0.15, -0.1) is 11.6 Å². The van der Waals surface area contributed by atoms with Crippen LogP contribution < -0.4 is 10.4 Å². The van der Waals surface area contributed by atoms with E-state index < -0.39 is 16.1 Å². The minimum Gasteiger partial charge on any atom is -0.130 e. The average Bonchev–Trinajstić information content (AvgIpc) is 2.47. The second-order valence-corrected chi connectivity index (χ2v) is 18.2. The van der Waals surface area contributed by atoms with Gasteiger partial charge in [-0.3, -0.25) is 0 Å². The molecule has 0 saturated carbocycles. The Morgan fingerprint density at radius 3 is 1.55 bits per heavy atom. The Balaban J connectivity index is 2.31. The standard InChI is InChI=1S/C17H21Cl3Si2/c1-21(2,16-8-4-14(19)5-9-16)13-22(3,12-18)17-10-6-15(20)7-11-17/h4-11H,12-13H2,1-3H3. The van der Waals surface area contributed by atoms with E-state index in [1.165, 1.54) is 16.0 Å². The van der Waals surface area contributed by atoms with Crippen LogP contribution in [0.2, 0.25) is 35.4 Å². The van der Waals surface area contributed by atoms with Crippen LogP contribution in [0.3, 0.4) is 0 Å². The van der Waals surface area contributed by atoms with Crippen molar-refractivity contribution in [3.05, 3.63) is 58.6 Å². The molecule has 0 nitrogen and oxygen atoms in total. The molecule has 0 aromatic heterocycles. The number of hydrogen-bond donors (Lipinski definition) is 0. The Labute approximate surface area is 150 Å². The van der Waals surface area contributed by atoms with E-state index in [9.17, 15) is 0 Å². The lowest BCUT2D eigenvalue weighted by atomic mass is 10.4. The smallest absolute Gasteiger partial charge is 0.0967 e. The molecule has 0 aliphatic rings. The van der Waals surface area contributed by atoms with Crippen LogP contribution in [0.15, 0.2) is 48.5 Å². The maximum Gasteiger partial charge on any atom is 0.0967 e. The fraction of sp³-hybridized carbons (Fsp3) is 0.294. The summed E-state index contributed by atoms with van der Waals surface area (Å²) in [5.41, 5.74) is 1.95. The predicted molar refractivity (Wildman–Crippen MR) is 107 cm³/mol. The molecule has 0 spiro atoms. The summed E-state index contributed by atoms with van der Waals surface area (Å²) < 4.78 is 0. The van der Waals surface area contributed by atoms with E-state index in [1.54, 1.807) is 0 Å². The molecule has 0 amide bonds. The van der Waals surface area contributed by atoms with Gasteiger partial charge in [-0.05, 0) is 24.3 Å². The minimum atomic E-state index is -1.72. The summed E-state index contributed by atoms with van der Waals surface area (Å²) in [4.78, 5) is 0. The number of benzene rings is 2. The van der Waals surface area contributed by atoms with Crippen LogP contribution in [0, 0.1) is 0 Å². The van der Waals surface area contributed by atoms with Crippen molar-refractivity contribution in [3.8, 4) is 0 Å². The van der Waals surface area contributed by atoms with Crippen molar-refractivity contribution in [2.45, 2.75) is 25.3 Å². The number of alkyl halides is 1. The Morgan fingerprint density at radius 1 is 0.727 bits per heavy atom. The van der Waals surface area contributed by atoms with Gasteiger partial charge in [-0.1, -0.05) is 83.1 Å². The van der Waals surface area contributed by atoms with Gasteiger partial charge in [0.05, 0.1) is 16.1 Å². The highest BCUT2D eigenvalue weighted by Gasteiger charge is 2.37. The first-order valence-electron chi connectivity index (χ1n) is 7.35. The average molecular weight is 388 g/mol. The van der Waals surface area contributed by atoms with Crippen molar-refractivity contribution in [2.24, 2.45) is 0 Å². The van der Waals surface area contributed by atoms with E-state index in [-0.39, 0.29) is 0 Å². The number of rotatable bonds is 5. The van der Waals surface area contributed by atoms with Gasteiger partial charge in [0.1, 0.15) is 0 Å². The van der Waals surface area contributed by atoms with E-state index in [2.05, 4.69) is 43.9 Å².